The van der Waals surface area contributed by atoms with Gasteiger partial charge in [0.25, 0.3) is 0 Å². The van der Waals surface area contributed by atoms with E-state index in [1.54, 1.807) is 12.1 Å². The largest absolute Gasteiger partial charge is 0.487 e. The van der Waals surface area contributed by atoms with E-state index in [0.717, 1.165) is 3.57 Å². The van der Waals surface area contributed by atoms with Gasteiger partial charge in [-0.15, -0.1) is 0 Å². The Labute approximate surface area is 109 Å². The second kappa shape index (κ2) is 5.50. The zero-order valence-corrected chi connectivity index (χ0v) is 11.4. The molecule has 0 heterocycles. The molecule has 5 heteroatoms. The molecule has 0 aliphatic carbocycles. The summed E-state index contributed by atoms with van der Waals surface area (Å²) in [4.78, 5) is 10.7. The summed E-state index contributed by atoms with van der Waals surface area (Å²) in [6.45, 7) is 3.95. The molecule has 1 rings (SSSR count). The highest BCUT2D eigenvalue weighted by Gasteiger charge is 2.07. The van der Waals surface area contributed by atoms with Crippen molar-refractivity contribution >= 4 is 44.5 Å². The van der Waals surface area contributed by atoms with Gasteiger partial charge in [-0.1, -0.05) is 22.5 Å². The predicted molar refractivity (Wildman–Crippen MR) is 69.7 cm³/mol. The molecule has 0 atom stereocenters. The van der Waals surface area contributed by atoms with Crippen molar-refractivity contribution in [2.24, 2.45) is 0 Å². The van der Waals surface area contributed by atoms with Crippen molar-refractivity contribution in [2.75, 3.05) is 6.61 Å². The third-order valence-electron chi connectivity index (χ3n) is 1.56. The van der Waals surface area contributed by atoms with Crippen LogP contribution in [0, 0.1) is 3.57 Å². The standard InChI is InChI=1S/C10H8BrIO3/c1-6(11)5-15-9-4-7(10(13)14)2-3-8(9)12/h2-4H,1,5H2,(H,13,14). The van der Waals surface area contributed by atoms with E-state index in [1.165, 1.54) is 6.07 Å². The van der Waals surface area contributed by atoms with Crippen molar-refractivity contribution in [2.45, 2.75) is 0 Å². The van der Waals surface area contributed by atoms with E-state index >= 15 is 0 Å². The first-order valence-electron chi connectivity index (χ1n) is 3.99. The van der Waals surface area contributed by atoms with Crippen LogP contribution in [-0.4, -0.2) is 17.7 Å². The summed E-state index contributed by atoms with van der Waals surface area (Å²) in [6.07, 6.45) is 0. The lowest BCUT2D eigenvalue weighted by atomic mass is 10.2. The lowest BCUT2D eigenvalue weighted by Gasteiger charge is -2.07. The summed E-state index contributed by atoms with van der Waals surface area (Å²) >= 11 is 5.25. The van der Waals surface area contributed by atoms with Crippen molar-refractivity contribution in [1.29, 1.82) is 0 Å². The Morgan fingerprint density at radius 1 is 1.60 bits per heavy atom. The van der Waals surface area contributed by atoms with Crippen molar-refractivity contribution in [1.82, 2.24) is 0 Å². The van der Waals surface area contributed by atoms with Crippen LogP contribution in [0.25, 0.3) is 0 Å². The van der Waals surface area contributed by atoms with Crippen LogP contribution in [0.5, 0.6) is 5.75 Å². The van der Waals surface area contributed by atoms with Gasteiger partial charge in [-0.2, -0.15) is 0 Å². The second-order valence-electron chi connectivity index (χ2n) is 2.76. The van der Waals surface area contributed by atoms with E-state index < -0.39 is 5.97 Å². The molecule has 0 saturated carbocycles. The average Bonchev–Trinajstić information content (AvgIpc) is 2.16. The Balaban J connectivity index is 2.90. The fourth-order valence-electron chi connectivity index (χ4n) is 0.903. The molecule has 0 aliphatic heterocycles. The molecule has 0 aliphatic rings. The number of ether oxygens (including phenoxy) is 1. The molecule has 80 valence electrons. The maximum atomic E-state index is 10.7. The lowest BCUT2D eigenvalue weighted by Crippen LogP contribution is -2.01. The van der Waals surface area contributed by atoms with E-state index in [1.807, 2.05) is 0 Å². The first kappa shape index (κ1) is 12.5. The summed E-state index contributed by atoms with van der Waals surface area (Å²) < 4.78 is 6.95. The summed E-state index contributed by atoms with van der Waals surface area (Å²) in [5.74, 6) is -0.412. The molecule has 0 radical (unpaired) electrons. The molecule has 0 saturated heterocycles. The quantitative estimate of drug-likeness (QED) is 0.813. The van der Waals surface area contributed by atoms with Crippen LogP contribution >= 0.6 is 38.5 Å². The smallest absolute Gasteiger partial charge is 0.335 e. The van der Waals surface area contributed by atoms with E-state index in [2.05, 4.69) is 45.1 Å². The molecule has 0 aromatic heterocycles. The Morgan fingerprint density at radius 3 is 2.80 bits per heavy atom. The van der Waals surface area contributed by atoms with Crippen LogP contribution < -0.4 is 4.74 Å². The Hall–Kier alpha value is -0.560. The van der Waals surface area contributed by atoms with Gasteiger partial charge in [-0.05, 0) is 40.8 Å². The molecular weight excluding hydrogens is 375 g/mol. The molecule has 0 amide bonds. The van der Waals surface area contributed by atoms with Crippen molar-refractivity contribution in [3.05, 3.63) is 38.4 Å². The van der Waals surface area contributed by atoms with Gasteiger partial charge in [-0.3, -0.25) is 0 Å². The van der Waals surface area contributed by atoms with Crippen LogP contribution in [-0.2, 0) is 0 Å². The Morgan fingerprint density at radius 2 is 2.27 bits per heavy atom. The normalized spacial score (nSPS) is 9.73. The number of hydrogen-bond donors (Lipinski definition) is 1. The monoisotopic (exact) mass is 382 g/mol. The summed E-state index contributed by atoms with van der Waals surface area (Å²) in [5.41, 5.74) is 0.214. The minimum Gasteiger partial charge on any atom is -0.487 e. The fourth-order valence-corrected chi connectivity index (χ4v) is 1.51. The average molecular weight is 383 g/mol. The number of halogens is 2. The number of carboxylic acid groups (broad SMARTS) is 1. The Bertz CT molecular complexity index is 404. The van der Waals surface area contributed by atoms with Gasteiger partial charge in [0.15, 0.2) is 0 Å². The number of carboxylic acids is 1. The second-order valence-corrected chi connectivity index (χ2v) is 5.04. The topological polar surface area (TPSA) is 46.5 Å². The van der Waals surface area contributed by atoms with Crippen molar-refractivity contribution in [3.8, 4) is 5.75 Å². The fraction of sp³-hybridized carbons (Fsp3) is 0.100. The number of carbonyl (C=O) groups is 1. The minimum absolute atomic E-state index is 0.214. The van der Waals surface area contributed by atoms with Crippen LogP contribution in [0.3, 0.4) is 0 Å². The van der Waals surface area contributed by atoms with Crippen LogP contribution in [0.2, 0.25) is 0 Å². The lowest BCUT2D eigenvalue weighted by molar-refractivity contribution is 0.0696. The number of hydrogen-bond acceptors (Lipinski definition) is 2. The molecule has 15 heavy (non-hydrogen) atoms. The zero-order valence-electron chi connectivity index (χ0n) is 7.67. The first-order chi connectivity index (χ1) is 7.00. The van der Waals surface area contributed by atoms with Gasteiger partial charge in [-0.25, -0.2) is 4.79 Å². The maximum Gasteiger partial charge on any atom is 0.335 e. The molecule has 0 spiro atoms. The number of aromatic carboxylic acids is 1. The molecule has 1 aromatic carbocycles. The van der Waals surface area contributed by atoms with Gasteiger partial charge in [0.05, 0.1) is 9.13 Å². The third kappa shape index (κ3) is 3.83. The van der Waals surface area contributed by atoms with Crippen LogP contribution in [0.1, 0.15) is 10.4 Å². The van der Waals surface area contributed by atoms with Gasteiger partial charge >= 0.3 is 5.97 Å². The third-order valence-corrected chi connectivity index (χ3v) is 2.68. The molecule has 1 N–H and O–H groups in total. The van der Waals surface area contributed by atoms with Crippen molar-refractivity contribution < 1.29 is 14.6 Å². The van der Waals surface area contributed by atoms with Crippen LogP contribution in [0.4, 0.5) is 0 Å². The van der Waals surface area contributed by atoms with E-state index in [-0.39, 0.29) is 5.56 Å². The Kier molecular flexibility index (Phi) is 4.59. The molecule has 0 fully saturated rings. The van der Waals surface area contributed by atoms with Gasteiger partial charge in [0, 0.05) is 4.48 Å². The molecule has 0 unspecified atom stereocenters. The molecular formula is C10H8BrIO3. The van der Waals surface area contributed by atoms with E-state index in [9.17, 15) is 4.79 Å². The van der Waals surface area contributed by atoms with Gasteiger partial charge in [0.2, 0.25) is 0 Å². The summed E-state index contributed by atoms with van der Waals surface area (Å²) in [6, 6.07) is 4.75. The van der Waals surface area contributed by atoms with Crippen molar-refractivity contribution in [3.63, 3.8) is 0 Å². The molecule has 3 nitrogen and oxygen atoms in total. The van der Waals surface area contributed by atoms with Crippen LogP contribution in [0.15, 0.2) is 29.3 Å². The van der Waals surface area contributed by atoms with Gasteiger partial charge in [0.1, 0.15) is 12.4 Å². The highest BCUT2D eigenvalue weighted by molar-refractivity contribution is 14.1. The van der Waals surface area contributed by atoms with Gasteiger partial charge < -0.3 is 9.84 Å². The highest BCUT2D eigenvalue weighted by Crippen LogP contribution is 2.23. The summed E-state index contributed by atoms with van der Waals surface area (Å²) in [7, 11) is 0. The number of rotatable bonds is 4. The first-order valence-corrected chi connectivity index (χ1v) is 5.87. The van der Waals surface area contributed by atoms with E-state index in [4.69, 9.17) is 9.84 Å². The van der Waals surface area contributed by atoms with E-state index in [0.29, 0.717) is 16.8 Å². The zero-order chi connectivity index (χ0) is 11.4. The minimum atomic E-state index is -0.964. The number of benzene rings is 1. The summed E-state index contributed by atoms with van der Waals surface area (Å²) in [5, 5.41) is 8.79. The SMILES string of the molecule is C=C(Br)COc1cc(C(=O)O)ccc1I. The molecule has 0 bridgehead atoms. The maximum absolute atomic E-state index is 10.7. The predicted octanol–water partition coefficient (Wildman–Crippen LogP) is 3.28. The highest BCUT2D eigenvalue weighted by atomic mass is 127. The molecule has 1 aromatic rings.